The Balaban J connectivity index is 2.10. The first kappa shape index (κ1) is 19.9. The molecular formula is C21H16NO4S2-. The normalized spacial score (nSPS) is 12.0. The van der Waals surface area contributed by atoms with Gasteiger partial charge in [0.15, 0.2) is 0 Å². The van der Waals surface area contributed by atoms with Crippen molar-refractivity contribution in [2.45, 2.75) is 16.7 Å². The number of hydrogen-bond acceptors (Lipinski definition) is 5. The summed E-state index contributed by atoms with van der Waals surface area (Å²) in [5.41, 5.74) is 1.48. The SMILES string of the molecule is Cc1ccc(S(=O)(=O)N=C(Sc2ccccc2C(=O)[O-])c2ccccc2)cc1. The van der Waals surface area contributed by atoms with Gasteiger partial charge in [-0.05, 0) is 25.1 Å². The second kappa shape index (κ2) is 8.41. The van der Waals surface area contributed by atoms with Gasteiger partial charge in [0.2, 0.25) is 0 Å². The minimum atomic E-state index is -3.97. The van der Waals surface area contributed by atoms with E-state index in [4.69, 9.17) is 0 Å². The third kappa shape index (κ3) is 4.68. The van der Waals surface area contributed by atoms with Gasteiger partial charge in [0.1, 0.15) is 5.04 Å². The summed E-state index contributed by atoms with van der Waals surface area (Å²) in [6.07, 6.45) is 0. The molecule has 0 aliphatic carbocycles. The highest BCUT2D eigenvalue weighted by Crippen LogP contribution is 2.28. The van der Waals surface area contributed by atoms with Gasteiger partial charge in [0, 0.05) is 16.0 Å². The fraction of sp³-hybridized carbons (Fsp3) is 0.0476. The molecule has 0 N–H and O–H groups in total. The number of carboxylic acid groups (broad SMARTS) is 1. The van der Waals surface area contributed by atoms with Gasteiger partial charge in [0.25, 0.3) is 10.0 Å². The Morgan fingerprint density at radius 1 is 0.893 bits per heavy atom. The smallest absolute Gasteiger partial charge is 0.283 e. The summed E-state index contributed by atoms with van der Waals surface area (Å²) in [7, 11) is -3.97. The molecule has 28 heavy (non-hydrogen) atoms. The van der Waals surface area contributed by atoms with Crippen molar-refractivity contribution >= 4 is 32.8 Å². The molecule has 3 aromatic carbocycles. The maximum absolute atomic E-state index is 12.8. The Bertz CT molecular complexity index is 1120. The van der Waals surface area contributed by atoms with Gasteiger partial charge in [-0.15, -0.1) is 0 Å². The topological polar surface area (TPSA) is 86.6 Å². The molecule has 0 heterocycles. The predicted molar refractivity (Wildman–Crippen MR) is 108 cm³/mol. The first-order valence-corrected chi connectivity index (χ1v) is 10.6. The standard InChI is InChI=1S/C21H17NO4S2/c1-15-11-13-17(14-12-15)28(25,26)22-20(16-7-3-2-4-8-16)27-19-10-6-5-9-18(19)21(23)24/h2-14H,1H3,(H,23,24)/p-1. The molecule has 0 unspecified atom stereocenters. The second-order valence-electron chi connectivity index (χ2n) is 5.94. The van der Waals surface area contributed by atoms with Crippen molar-refractivity contribution in [3.05, 3.63) is 95.6 Å². The fourth-order valence-electron chi connectivity index (χ4n) is 2.41. The number of sulfonamides is 1. The number of benzene rings is 3. The zero-order chi connectivity index (χ0) is 20.1. The van der Waals surface area contributed by atoms with Crippen LogP contribution in [0.25, 0.3) is 0 Å². The first-order valence-electron chi connectivity index (χ1n) is 8.32. The average molecular weight is 410 g/mol. The second-order valence-corrected chi connectivity index (χ2v) is 8.57. The van der Waals surface area contributed by atoms with Crippen molar-refractivity contribution in [2.75, 3.05) is 0 Å². The van der Waals surface area contributed by atoms with E-state index < -0.39 is 16.0 Å². The summed E-state index contributed by atoms with van der Waals surface area (Å²) < 4.78 is 29.6. The molecule has 3 rings (SSSR count). The fourth-order valence-corrected chi connectivity index (χ4v) is 4.63. The molecule has 0 aliphatic rings. The van der Waals surface area contributed by atoms with Crippen LogP contribution in [0.2, 0.25) is 0 Å². The van der Waals surface area contributed by atoms with Crippen molar-refractivity contribution in [1.29, 1.82) is 0 Å². The lowest BCUT2D eigenvalue weighted by Gasteiger charge is -2.12. The van der Waals surface area contributed by atoms with Crippen molar-refractivity contribution in [2.24, 2.45) is 4.40 Å². The van der Waals surface area contributed by atoms with Crippen LogP contribution in [-0.4, -0.2) is 19.4 Å². The van der Waals surface area contributed by atoms with Gasteiger partial charge in [-0.3, -0.25) is 0 Å². The number of carbonyl (C=O) groups excluding carboxylic acids is 1. The maximum atomic E-state index is 12.8. The molecule has 0 amide bonds. The van der Waals surface area contributed by atoms with Gasteiger partial charge in [-0.25, -0.2) is 0 Å². The van der Waals surface area contributed by atoms with Crippen LogP contribution in [0.4, 0.5) is 0 Å². The van der Waals surface area contributed by atoms with Crippen LogP contribution in [0.3, 0.4) is 0 Å². The number of rotatable bonds is 5. The highest BCUT2D eigenvalue weighted by atomic mass is 32.2. The van der Waals surface area contributed by atoms with Crippen LogP contribution in [0.5, 0.6) is 0 Å². The number of thioether (sulfide) groups is 1. The van der Waals surface area contributed by atoms with Gasteiger partial charge >= 0.3 is 0 Å². The lowest BCUT2D eigenvalue weighted by atomic mass is 10.2. The van der Waals surface area contributed by atoms with Crippen molar-refractivity contribution < 1.29 is 18.3 Å². The lowest BCUT2D eigenvalue weighted by molar-refractivity contribution is -0.255. The van der Waals surface area contributed by atoms with E-state index in [-0.39, 0.29) is 15.5 Å². The Labute approximate surface area is 167 Å². The molecule has 0 bridgehead atoms. The largest absolute Gasteiger partial charge is 0.545 e. The molecule has 0 aliphatic heterocycles. The molecule has 0 fully saturated rings. The molecule has 0 saturated carbocycles. The maximum Gasteiger partial charge on any atom is 0.283 e. The molecule has 0 atom stereocenters. The van der Waals surface area contributed by atoms with Crippen LogP contribution in [0.15, 0.2) is 93.1 Å². The molecule has 3 aromatic rings. The monoisotopic (exact) mass is 410 g/mol. The Morgan fingerprint density at radius 3 is 2.14 bits per heavy atom. The average Bonchev–Trinajstić information content (AvgIpc) is 2.68. The van der Waals surface area contributed by atoms with Crippen molar-refractivity contribution in [3.63, 3.8) is 0 Å². The summed E-state index contributed by atoms with van der Waals surface area (Å²) in [6.45, 7) is 1.86. The molecule has 5 nitrogen and oxygen atoms in total. The number of aromatic carboxylic acids is 1. The molecule has 7 heteroatoms. The third-order valence-corrected chi connectivity index (χ3v) is 6.36. The van der Waals surface area contributed by atoms with E-state index in [1.54, 1.807) is 60.7 Å². The number of carbonyl (C=O) groups is 1. The van der Waals surface area contributed by atoms with E-state index in [9.17, 15) is 18.3 Å². The third-order valence-electron chi connectivity index (χ3n) is 3.86. The zero-order valence-electron chi connectivity index (χ0n) is 14.9. The zero-order valence-corrected chi connectivity index (χ0v) is 16.5. The Hall–Kier alpha value is -2.90. The van der Waals surface area contributed by atoms with Gasteiger partial charge in [0.05, 0.1) is 10.9 Å². The Morgan fingerprint density at radius 2 is 1.50 bits per heavy atom. The van der Waals surface area contributed by atoms with E-state index >= 15 is 0 Å². The molecule has 142 valence electrons. The summed E-state index contributed by atoms with van der Waals surface area (Å²) in [5, 5.41) is 11.6. The number of nitrogens with zero attached hydrogens (tertiary/aromatic N) is 1. The molecule has 0 radical (unpaired) electrons. The number of hydrogen-bond donors (Lipinski definition) is 0. The molecule has 0 aromatic heterocycles. The van der Waals surface area contributed by atoms with E-state index in [1.165, 1.54) is 18.2 Å². The lowest BCUT2D eigenvalue weighted by Crippen LogP contribution is -2.23. The molecule has 0 saturated heterocycles. The van der Waals surface area contributed by atoms with E-state index in [2.05, 4.69) is 4.40 Å². The van der Waals surface area contributed by atoms with E-state index in [0.29, 0.717) is 10.5 Å². The van der Waals surface area contributed by atoms with Gasteiger partial charge in [-0.2, -0.15) is 12.8 Å². The van der Waals surface area contributed by atoms with Crippen molar-refractivity contribution in [3.8, 4) is 0 Å². The molecule has 0 spiro atoms. The van der Waals surface area contributed by atoms with Gasteiger partial charge in [-0.1, -0.05) is 78.0 Å². The summed E-state index contributed by atoms with van der Waals surface area (Å²) in [5.74, 6) is -1.34. The highest BCUT2D eigenvalue weighted by Gasteiger charge is 2.17. The van der Waals surface area contributed by atoms with Crippen LogP contribution in [0, 0.1) is 6.92 Å². The van der Waals surface area contributed by atoms with Crippen LogP contribution < -0.4 is 5.11 Å². The summed E-state index contributed by atoms with van der Waals surface area (Å²) >= 11 is 0.971. The van der Waals surface area contributed by atoms with E-state index in [1.807, 2.05) is 6.92 Å². The minimum Gasteiger partial charge on any atom is -0.545 e. The number of aryl methyl sites for hydroxylation is 1. The van der Waals surface area contributed by atoms with Crippen LogP contribution >= 0.6 is 11.8 Å². The minimum absolute atomic E-state index is 0.0242. The Kier molecular flexibility index (Phi) is 5.96. The number of carboxylic acids is 1. The first-order chi connectivity index (χ1) is 13.4. The predicted octanol–water partition coefficient (Wildman–Crippen LogP) is 3.29. The van der Waals surface area contributed by atoms with Crippen LogP contribution in [0.1, 0.15) is 21.5 Å². The quantitative estimate of drug-likeness (QED) is 0.366. The molecular weight excluding hydrogens is 394 g/mol. The van der Waals surface area contributed by atoms with Gasteiger partial charge < -0.3 is 9.90 Å². The van der Waals surface area contributed by atoms with Crippen LogP contribution in [-0.2, 0) is 10.0 Å². The summed E-state index contributed by atoms with van der Waals surface area (Å²) in [6, 6.07) is 21.4. The van der Waals surface area contributed by atoms with E-state index in [0.717, 1.165) is 17.3 Å². The highest BCUT2D eigenvalue weighted by molar-refractivity contribution is 8.15. The summed E-state index contributed by atoms with van der Waals surface area (Å²) in [4.78, 5) is 11.8. The van der Waals surface area contributed by atoms with Crippen molar-refractivity contribution in [1.82, 2.24) is 0 Å².